The normalized spacial score (nSPS) is 22.7. The predicted molar refractivity (Wildman–Crippen MR) is 102 cm³/mol. The molecule has 1 saturated carbocycles. The third kappa shape index (κ3) is 5.86. The minimum Gasteiger partial charge on any atom is -0.357 e. The first-order chi connectivity index (χ1) is 12.9. The third-order valence-electron chi connectivity index (χ3n) is 5.45. The van der Waals surface area contributed by atoms with Gasteiger partial charge in [-0.2, -0.15) is 13.2 Å². The smallest absolute Gasteiger partial charge is 0.357 e. The molecular weight excluding hydrogens is 353 g/mol. The van der Waals surface area contributed by atoms with Crippen molar-refractivity contribution in [2.24, 2.45) is 10.9 Å². The lowest BCUT2D eigenvalue weighted by Crippen LogP contribution is -2.41. The highest BCUT2D eigenvalue weighted by Gasteiger charge is 2.44. The van der Waals surface area contributed by atoms with Crippen LogP contribution in [-0.4, -0.2) is 56.3 Å². The minimum atomic E-state index is -4.12. The van der Waals surface area contributed by atoms with E-state index in [1.54, 1.807) is 0 Å². The first kappa shape index (κ1) is 20.0. The molecule has 1 heterocycles. The van der Waals surface area contributed by atoms with E-state index in [9.17, 15) is 13.2 Å². The van der Waals surface area contributed by atoms with Crippen molar-refractivity contribution in [3.8, 4) is 0 Å². The van der Waals surface area contributed by atoms with Crippen LogP contribution in [0.15, 0.2) is 35.3 Å². The molecule has 0 spiro atoms. The maximum atomic E-state index is 12.5. The molecule has 0 aromatic heterocycles. The first-order valence-electron chi connectivity index (χ1n) is 9.77. The molecular formula is C20H29F3N4. The Morgan fingerprint density at radius 2 is 1.96 bits per heavy atom. The van der Waals surface area contributed by atoms with Crippen molar-refractivity contribution < 1.29 is 13.2 Å². The van der Waals surface area contributed by atoms with E-state index in [1.165, 1.54) is 10.5 Å². The Morgan fingerprint density at radius 3 is 2.59 bits per heavy atom. The summed E-state index contributed by atoms with van der Waals surface area (Å²) in [5.41, 5.74) is 1.49. The van der Waals surface area contributed by atoms with Gasteiger partial charge in [0.05, 0.1) is 13.1 Å². The van der Waals surface area contributed by atoms with E-state index in [4.69, 9.17) is 4.99 Å². The van der Waals surface area contributed by atoms with Crippen LogP contribution in [0.1, 0.15) is 31.7 Å². The zero-order chi connectivity index (χ0) is 19.3. The summed E-state index contributed by atoms with van der Waals surface area (Å²) in [5.74, 6) is 0.981. The Hall–Kier alpha value is -1.76. The van der Waals surface area contributed by atoms with Crippen LogP contribution >= 0.6 is 0 Å². The molecule has 1 saturated heterocycles. The van der Waals surface area contributed by atoms with Crippen LogP contribution < -0.4 is 10.6 Å². The SMILES string of the molecule is CCNC(=NCC1(c2ccccc2)CC1)NCC1CCN(CC(F)(F)F)C1. The summed E-state index contributed by atoms with van der Waals surface area (Å²) in [4.78, 5) is 6.26. The van der Waals surface area contributed by atoms with Gasteiger partial charge in [0.15, 0.2) is 5.96 Å². The van der Waals surface area contributed by atoms with Crippen molar-refractivity contribution in [3.05, 3.63) is 35.9 Å². The molecule has 2 fully saturated rings. The molecule has 0 bridgehead atoms. The molecule has 3 rings (SSSR count). The number of guanidine groups is 1. The highest BCUT2D eigenvalue weighted by Crippen LogP contribution is 2.48. The lowest BCUT2D eigenvalue weighted by atomic mass is 9.96. The lowest BCUT2D eigenvalue weighted by Gasteiger charge is -2.19. The molecule has 150 valence electrons. The molecule has 0 radical (unpaired) electrons. The summed E-state index contributed by atoms with van der Waals surface area (Å²) in [5, 5.41) is 6.58. The van der Waals surface area contributed by atoms with Crippen LogP contribution in [0.25, 0.3) is 0 Å². The highest BCUT2D eigenvalue weighted by molar-refractivity contribution is 5.79. The van der Waals surface area contributed by atoms with Crippen LogP contribution in [0.5, 0.6) is 0 Å². The molecule has 2 N–H and O–H groups in total. The number of nitrogens with one attached hydrogen (secondary N) is 2. The maximum absolute atomic E-state index is 12.5. The van der Waals surface area contributed by atoms with Gasteiger partial charge in [-0.05, 0) is 44.2 Å². The van der Waals surface area contributed by atoms with Gasteiger partial charge in [0.1, 0.15) is 0 Å². The molecule has 1 aromatic carbocycles. The Balaban J connectivity index is 1.50. The largest absolute Gasteiger partial charge is 0.401 e. The first-order valence-corrected chi connectivity index (χ1v) is 9.77. The van der Waals surface area contributed by atoms with Gasteiger partial charge >= 0.3 is 6.18 Å². The molecule has 1 unspecified atom stereocenters. The van der Waals surface area contributed by atoms with Crippen molar-refractivity contribution in [3.63, 3.8) is 0 Å². The van der Waals surface area contributed by atoms with Crippen LogP contribution in [-0.2, 0) is 5.41 Å². The van der Waals surface area contributed by atoms with E-state index >= 15 is 0 Å². The van der Waals surface area contributed by atoms with Gasteiger partial charge in [-0.3, -0.25) is 9.89 Å². The average Bonchev–Trinajstić information content (AvgIpc) is 3.30. The van der Waals surface area contributed by atoms with E-state index in [0.717, 1.165) is 38.3 Å². The number of hydrogen-bond donors (Lipinski definition) is 2. The minimum absolute atomic E-state index is 0.153. The number of hydrogen-bond acceptors (Lipinski definition) is 2. The standard InChI is InChI=1S/C20H29F3N4/c1-2-24-18(25-12-16-8-11-27(13-16)15-20(21,22)23)26-14-19(9-10-19)17-6-4-3-5-7-17/h3-7,16H,2,8-15H2,1H3,(H2,24,25,26). The highest BCUT2D eigenvalue weighted by atomic mass is 19.4. The number of aliphatic imine (C=N–C) groups is 1. The summed E-state index contributed by atoms with van der Waals surface area (Å²) in [7, 11) is 0. The predicted octanol–water partition coefficient (Wildman–Crippen LogP) is 3.16. The second-order valence-corrected chi connectivity index (χ2v) is 7.73. The summed E-state index contributed by atoms with van der Waals surface area (Å²) in [6.07, 6.45) is -1.03. The van der Waals surface area contributed by atoms with Gasteiger partial charge in [-0.15, -0.1) is 0 Å². The van der Waals surface area contributed by atoms with Crippen molar-refractivity contribution in [1.29, 1.82) is 0 Å². The molecule has 1 aliphatic carbocycles. The monoisotopic (exact) mass is 382 g/mol. The van der Waals surface area contributed by atoms with Crippen molar-refractivity contribution in [2.75, 3.05) is 39.3 Å². The molecule has 0 amide bonds. The molecule has 1 aromatic rings. The Bertz CT molecular complexity index is 626. The summed E-state index contributed by atoms with van der Waals surface area (Å²) in [6, 6.07) is 10.5. The quantitative estimate of drug-likeness (QED) is 0.562. The Kier molecular flexibility index (Phi) is 6.29. The zero-order valence-electron chi connectivity index (χ0n) is 15.9. The fourth-order valence-electron chi connectivity index (χ4n) is 3.77. The van der Waals surface area contributed by atoms with E-state index in [-0.39, 0.29) is 11.3 Å². The van der Waals surface area contributed by atoms with Crippen molar-refractivity contribution in [2.45, 2.75) is 37.8 Å². The number of halogens is 3. The number of alkyl halides is 3. The second kappa shape index (κ2) is 8.50. The summed E-state index contributed by atoms with van der Waals surface area (Å²) >= 11 is 0. The van der Waals surface area contributed by atoms with E-state index < -0.39 is 12.7 Å². The van der Waals surface area contributed by atoms with Crippen molar-refractivity contribution >= 4 is 5.96 Å². The van der Waals surface area contributed by atoms with Gasteiger partial charge in [-0.1, -0.05) is 30.3 Å². The lowest BCUT2D eigenvalue weighted by molar-refractivity contribution is -0.143. The Morgan fingerprint density at radius 1 is 1.22 bits per heavy atom. The van der Waals surface area contributed by atoms with E-state index in [2.05, 4.69) is 34.9 Å². The van der Waals surface area contributed by atoms with Crippen LogP contribution in [0.2, 0.25) is 0 Å². The molecule has 27 heavy (non-hydrogen) atoms. The molecule has 4 nitrogen and oxygen atoms in total. The number of likely N-dealkylation sites (tertiary alicyclic amines) is 1. The summed E-state index contributed by atoms with van der Waals surface area (Å²) in [6.45, 7) is 4.35. The number of benzene rings is 1. The second-order valence-electron chi connectivity index (χ2n) is 7.73. The molecule has 1 atom stereocenters. The third-order valence-corrected chi connectivity index (χ3v) is 5.45. The van der Waals surface area contributed by atoms with E-state index in [1.807, 2.05) is 13.0 Å². The van der Waals surface area contributed by atoms with Gasteiger partial charge in [0.25, 0.3) is 0 Å². The molecule has 1 aliphatic heterocycles. The van der Waals surface area contributed by atoms with Gasteiger partial charge < -0.3 is 10.6 Å². The average molecular weight is 382 g/mol. The number of nitrogens with zero attached hydrogens (tertiary/aromatic N) is 2. The molecule has 2 aliphatic rings. The van der Waals surface area contributed by atoms with E-state index in [0.29, 0.717) is 19.6 Å². The topological polar surface area (TPSA) is 39.7 Å². The fourth-order valence-corrected chi connectivity index (χ4v) is 3.77. The van der Waals surface area contributed by atoms with Crippen LogP contribution in [0.4, 0.5) is 13.2 Å². The zero-order valence-corrected chi connectivity index (χ0v) is 15.9. The number of rotatable bonds is 7. The van der Waals surface area contributed by atoms with Crippen molar-refractivity contribution in [1.82, 2.24) is 15.5 Å². The fraction of sp³-hybridized carbons (Fsp3) is 0.650. The molecule has 7 heteroatoms. The van der Waals surface area contributed by atoms with Gasteiger partial charge in [-0.25, -0.2) is 0 Å². The van der Waals surface area contributed by atoms with Crippen LogP contribution in [0.3, 0.4) is 0 Å². The maximum Gasteiger partial charge on any atom is 0.401 e. The Labute approximate surface area is 159 Å². The van der Waals surface area contributed by atoms with Crippen LogP contribution in [0, 0.1) is 5.92 Å². The van der Waals surface area contributed by atoms with Gasteiger partial charge in [0, 0.05) is 25.0 Å². The van der Waals surface area contributed by atoms with Gasteiger partial charge in [0.2, 0.25) is 0 Å². The summed E-state index contributed by atoms with van der Waals surface area (Å²) < 4.78 is 37.6.